The molecular weight excluding hydrogens is 376 g/mol. The van der Waals surface area contributed by atoms with Gasteiger partial charge in [0.15, 0.2) is 0 Å². The number of ether oxygens (including phenoxy) is 1. The number of rotatable bonds is 6. The van der Waals surface area contributed by atoms with Crippen LogP contribution in [0.25, 0.3) is 22.4 Å². The number of thioether (sulfide) groups is 1. The van der Waals surface area contributed by atoms with Crippen molar-refractivity contribution < 1.29 is 13.6 Å². The van der Waals surface area contributed by atoms with Crippen molar-refractivity contribution in [1.29, 1.82) is 0 Å². The standard InChI is InChI=1S/C21H18N2O4S/c1-3-25-17-7-5-4-6-16(17)20-22-23-21(27-20)28-12-14-11-19(24)26-18-10-13(2)8-9-15(14)18/h4-11H,3,12H2,1-2H3. The first-order chi connectivity index (χ1) is 13.6. The molecule has 2 aromatic heterocycles. The van der Waals surface area contributed by atoms with Crippen LogP contribution in [0.1, 0.15) is 18.1 Å². The van der Waals surface area contributed by atoms with Gasteiger partial charge >= 0.3 is 5.63 Å². The largest absolute Gasteiger partial charge is 0.493 e. The predicted octanol–water partition coefficient (Wildman–Crippen LogP) is 4.84. The van der Waals surface area contributed by atoms with Crippen molar-refractivity contribution in [2.45, 2.75) is 24.8 Å². The Bertz CT molecular complexity index is 1180. The van der Waals surface area contributed by atoms with Crippen LogP contribution < -0.4 is 10.4 Å². The summed E-state index contributed by atoms with van der Waals surface area (Å²) in [5.41, 5.74) is 2.87. The lowest BCUT2D eigenvalue weighted by molar-refractivity contribution is 0.340. The van der Waals surface area contributed by atoms with Gasteiger partial charge in [0.05, 0.1) is 12.2 Å². The molecule has 7 heteroatoms. The quantitative estimate of drug-likeness (QED) is 0.342. The monoisotopic (exact) mass is 394 g/mol. The summed E-state index contributed by atoms with van der Waals surface area (Å²) in [6.07, 6.45) is 0. The van der Waals surface area contributed by atoms with E-state index in [1.165, 1.54) is 17.8 Å². The molecule has 0 bridgehead atoms. The number of fused-ring (bicyclic) bond motifs is 1. The summed E-state index contributed by atoms with van der Waals surface area (Å²) in [5, 5.41) is 9.58. The molecule has 0 radical (unpaired) electrons. The molecule has 0 N–H and O–H groups in total. The number of para-hydroxylation sites is 1. The van der Waals surface area contributed by atoms with E-state index in [0.717, 1.165) is 22.1 Å². The Balaban J connectivity index is 1.58. The normalized spacial score (nSPS) is 11.1. The Labute approximate surface area is 165 Å². The molecule has 6 nitrogen and oxygen atoms in total. The van der Waals surface area contributed by atoms with Gasteiger partial charge in [-0.05, 0) is 43.2 Å². The molecular formula is C21H18N2O4S. The molecule has 0 aliphatic rings. The van der Waals surface area contributed by atoms with Gasteiger partial charge in [0.2, 0.25) is 0 Å². The highest BCUT2D eigenvalue weighted by atomic mass is 32.2. The average molecular weight is 394 g/mol. The van der Waals surface area contributed by atoms with E-state index in [4.69, 9.17) is 13.6 Å². The number of hydrogen-bond donors (Lipinski definition) is 0. The van der Waals surface area contributed by atoms with Gasteiger partial charge in [-0.2, -0.15) is 0 Å². The molecule has 0 saturated heterocycles. The minimum Gasteiger partial charge on any atom is -0.493 e. The highest BCUT2D eigenvalue weighted by Gasteiger charge is 2.14. The van der Waals surface area contributed by atoms with Gasteiger partial charge in [-0.3, -0.25) is 0 Å². The summed E-state index contributed by atoms with van der Waals surface area (Å²) < 4.78 is 16.7. The first-order valence-electron chi connectivity index (χ1n) is 8.86. The molecule has 0 fully saturated rings. The number of aryl methyl sites for hydroxylation is 1. The van der Waals surface area contributed by atoms with Crippen LogP contribution in [0.2, 0.25) is 0 Å². The van der Waals surface area contributed by atoms with E-state index < -0.39 is 0 Å². The molecule has 4 rings (SSSR count). The summed E-state index contributed by atoms with van der Waals surface area (Å²) in [6.45, 7) is 4.44. The summed E-state index contributed by atoms with van der Waals surface area (Å²) in [5.74, 6) is 1.62. The van der Waals surface area contributed by atoms with Crippen LogP contribution in [0.3, 0.4) is 0 Å². The molecule has 0 unspecified atom stereocenters. The zero-order valence-corrected chi connectivity index (χ0v) is 16.3. The summed E-state index contributed by atoms with van der Waals surface area (Å²) in [4.78, 5) is 11.9. The molecule has 0 aliphatic heterocycles. The second kappa shape index (κ2) is 7.90. The number of benzene rings is 2. The van der Waals surface area contributed by atoms with Crippen molar-refractivity contribution in [3.63, 3.8) is 0 Å². The lowest BCUT2D eigenvalue weighted by atomic mass is 10.1. The molecule has 142 valence electrons. The number of nitrogens with zero attached hydrogens (tertiary/aromatic N) is 2. The second-order valence-corrected chi connectivity index (χ2v) is 7.11. The van der Waals surface area contributed by atoms with Crippen LogP contribution in [0.5, 0.6) is 5.75 Å². The fraction of sp³-hybridized carbons (Fsp3) is 0.190. The number of aromatic nitrogens is 2. The van der Waals surface area contributed by atoms with Crippen LogP contribution in [-0.2, 0) is 5.75 Å². The third-order valence-electron chi connectivity index (χ3n) is 4.16. The van der Waals surface area contributed by atoms with Gasteiger partial charge in [0.25, 0.3) is 11.1 Å². The predicted molar refractivity (Wildman–Crippen MR) is 108 cm³/mol. The van der Waals surface area contributed by atoms with Crippen LogP contribution in [0.15, 0.2) is 67.4 Å². The minimum atomic E-state index is -0.370. The van der Waals surface area contributed by atoms with E-state index in [1.54, 1.807) is 0 Å². The molecule has 0 atom stereocenters. The van der Waals surface area contributed by atoms with Crippen molar-refractivity contribution in [2.24, 2.45) is 0 Å². The molecule has 2 aromatic carbocycles. The summed E-state index contributed by atoms with van der Waals surface area (Å²) in [7, 11) is 0. The van der Waals surface area contributed by atoms with E-state index in [-0.39, 0.29) is 5.63 Å². The van der Waals surface area contributed by atoms with Crippen LogP contribution >= 0.6 is 11.8 Å². The molecule has 0 aliphatic carbocycles. The highest BCUT2D eigenvalue weighted by molar-refractivity contribution is 7.98. The lowest BCUT2D eigenvalue weighted by Gasteiger charge is -2.06. The molecule has 28 heavy (non-hydrogen) atoms. The van der Waals surface area contributed by atoms with E-state index >= 15 is 0 Å². The van der Waals surface area contributed by atoms with Crippen molar-refractivity contribution in [1.82, 2.24) is 10.2 Å². The summed E-state index contributed by atoms with van der Waals surface area (Å²) >= 11 is 1.37. The molecule has 4 aromatic rings. The van der Waals surface area contributed by atoms with E-state index in [9.17, 15) is 4.79 Å². The Kier molecular flexibility index (Phi) is 5.16. The van der Waals surface area contributed by atoms with Crippen LogP contribution in [-0.4, -0.2) is 16.8 Å². The third kappa shape index (κ3) is 3.80. The lowest BCUT2D eigenvalue weighted by Crippen LogP contribution is -2.00. The Hall–Kier alpha value is -3.06. The Morgan fingerprint density at radius 3 is 2.79 bits per heavy atom. The average Bonchev–Trinajstić information content (AvgIpc) is 3.15. The van der Waals surface area contributed by atoms with E-state index in [0.29, 0.717) is 34.8 Å². The van der Waals surface area contributed by atoms with Crippen molar-refractivity contribution >= 4 is 22.7 Å². The smallest absolute Gasteiger partial charge is 0.336 e. The Morgan fingerprint density at radius 1 is 1.07 bits per heavy atom. The topological polar surface area (TPSA) is 78.4 Å². The Morgan fingerprint density at radius 2 is 1.93 bits per heavy atom. The maximum atomic E-state index is 11.9. The van der Waals surface area contributed by atoms with Gasteiger partial charge < -0.3 is 13.6 Å². The molecule has 2 heterocycles. The van der Waals surface area contributed by atoms with E-state index in [2.05, 4.69) is 10.2 Å². The number of hydrogen-bond acceptors (Lipinski definition) is 7. The highest BCUT2D eigenvalue weighted by Crippen LogP contribution is 2.32. The fourth-order valence-electron chi connectivity index (χ4n) is 2.90. The summed E-state index contributed by atoms with van der Waals surface area (Å²) in [6, 6.07) is 14.9. The van der Waals surface area contributed by atoms with Gasteiger partial charge in [0, 0.05) is 17.2 Å². The molecule has 0 saturated carbocycles. The van der Waals surface area contributed by atoms with Crippen LogP contribution in [0, 0.1) is 6.92 Å². The van der Waals surface area contributed by atoms with Gasteiger partial charge in [-0.25, -0.2) is 4.79 Å². The molecule has 0 amide bonds. The van der Waals surface area contributed by atoms with Gasteiger partial charge in [0.1, 0.15) is 11.3 Å². The van der Waals surface area contributed by atoms with Crippen molar-refractivity contribution in [3.05, 3.63) is 70.1 Å². The zero-order valence-electron chi connectivity index (χ0n) is 15.5. The zero-order chi connectivity index (χ0) is 19.5. The van der Waals surface area contributed by atoms with Crippen LogP contribution in [0.4, 0.5) is 0 Å². The minimum absolute atomic E-state index is 0.370. The second-order valence-electron chi connectivity index (χ2n) is 6.18. The van der Waals surface area contributed by atoms with Crippen molar-refractivity contribution in [2.75, 3.05) is 6.61 Å². The van der Waals surface area contributed by atoms with E-state index in [1.807, 2.05) is 56.3 Å². The fourth-order valence-corrected chi connectivity index (χ4v) is 3.65. The van der Waals surface area contributed by atoms with Gasteiger partial charge in [-0.1, -0.05) is 36.0 Å². The third-order valence-corrected chi connectivity index (χ3v) is 5.03. The van der Waals surface area contributed by atoms with Crippen molar-refractivity contribution in [3.8, 4) is 17.2 Å². The SMILES string of the molecule is CCOc1ccccc1-c1nnc(SCc2cc(=O)oc3cc(C)ccc23)o1. The maximum absolute atomic E-state index is 11.9. The first-order valence-corrected chi connectivity index (χ1v) is 9.84. The first kappa shape index (κ1) is 18.3. The maximum Gasteiger partial charge on any atom is 0.336 e. The molecule has 0 spiro atoms. The van der Waals surface area contributed by atoms with Gasteiger partial charge in [-0.15, -0.1) is 10.2 Å².